The predicted octanol–water partition coefficient (Wildman–Crippen LogP) is 4.89. The topological polar surface area (TPSA) is 20.2 Å². The van der Waals surface area contributed by atoms with Gasteiger partial charge in [-0.2, -0.15) is 0 Å². The van der Waals surface area contributed by atoms with E-state index in [0.29, 0.717) is 15.6 Å². The van der Waals surface area contributed by atoms with Crippen molar-refractivity contribution < 1.29 is 5.11 Å². The first-order valence-electron chi connectivity index (χ1n) is 6.19. The Morgan fingerprint density at radius 2 is 1.53 bits per heavy atom. The summed E-state index contributed by atoms with van der Waals surface area (Å²) in [7, 11) is 0. The van der Waals surface area contributed by atoms with Crippen molar-refractivity contribution in [1.82, 2.24) is 0 Å². The van der Waals surface area contributed by atoms with Gasteiger partial charge in [0.2, 0.25) is 0 Å². The van der Waals surface area contributed by atoms with E-state index in [-0.39, 0.29) is 5.92 Å². The van der Waals surface area contributed by atoms with E-state index < -0.39 is 5.60 Å². The number of hydrogen-bond acceptors (Lipinski definition) is 1. The Hall–Kier alpha value is -1.02. The monoisotopic (exact) mass is 294 g/mol. The average Bonchev–Trinajstić information content (AvgIpc) is 2.39. The van der Waals surface area contributed by atoms with Gasteiger partial charge >= 0.3 is 0 Å². The van der Waals surface area contributed by atoms with E-state index >= 15 is 0 Å². The molecule has 0 spiro atoms. The molecular formula is C16H16Cl2O. The third kappa shape index (κ3) is 2.64. The van der Waals surface area contributed by atoms with Crippen molar-refractivity contribution in [3.8, 4) is 0 Å². The fourth-order valence-corrected chi connectivity index (χ4v) is 2.68. The first kappa shape index (κ1) is 14.4. The van der Waals surface area contributed by atoms with Crippen molar-refractivity contribution in [2.24, 2.45) is 5.92 Å². The zero-order valence-corrected chi connectivity index (χ0v) is 12.4. The minimum atomic E-state index is -1.12. The summed E-state index contributed by atoms with van der Waals surface area (Å²) in [4.78, 5) is 0. The van der Waals surface area contributed by atoms with Crippen LogP contribution in [0.15, 0.2) is 48.5 Å². The zero-order valence-electron chi connectivity index (χ0n) is 10.9. The second-order valence-electron chi connectivity index (χ2n) is 4.91. The molecule has 0 amide bonds. The number of benzene rings is 2. The van der Waals surface area contributed by atoms with Crippen molar-refractivity contribution in [2.45, 2.75) is 19.4 Å². The number of halogens is 2. The highest BCUT2D eigenvalue weighted by Crippen LogP contribution is 2.40. The minimum Gasteiger partial charge on any atom is -0.380 e. The van der Waals surface area contributed by atoms with Gasteiger partial charge in [-0.05, 0) is 29.7 Å². The van der Waals surface area contributed by atoms with Crippen LogP contribution in [0.2, 0.25) is 10.0 Å². The first-order valence-corrected chi connectivity index (χ1v) is 6.95. The van der Waals surface area contributed by atoms with Gasteiger partial charge in [0.1, 0.15) is 5.60 Å². The predicted molar refractivity (Wildman–Crippen MR) is 80.7 cm³/mol. The maximum Gasteiger partial charge on any atom is 0.118 e. The maximum atomic E-state index is 11.2. The molecule has 0 heterocycles. The van der Waals surface area contributed by atoms with Crippen LogP contribution in [-0.4, -0.2) is 5.11 Å². The Balaban J connectivity index is 2.62. The van der Waals surface area contributed by atoms with Crippen LogP contribution >= 0.6 is 23.2 Å². The van der Waals surface area contributed by atoms with Crippen molar-refractivity contribution in [1.29, 1.82) is 0 Å². The van der Waals surface area contributed by atoms with Crippen LogP contribution < -0.4 is 0 Å². The summed E-state index contributed by atoms with van der Waals surface area (Å²) >= 11 is 12.2. The normalized spacial score (nSPS) is 14.4. The average molecular weight is 295 g/mol. The fourth-order valence-electron chi connectivity index (χ4n) is 2.27. The Kier molecular flexibility index (Phi) is 4.19. The van der Waals surface area contributed by atoms with Gasteiger partial charge in [0, 0.05) is 15.6 Å². The van der Waals surface area contributed by atoms with E-state index in [9.17, 15) is 5.11 Å². The molecule has 0 aliphatic carbocycles. The molecule has 1 N–H and O–H groups in total. The molecule has 0 radical (unpaired) electrons. The summed E-state index contributed by atoms with van der Waals surface area (Å²) in [6.45, 7) is 3.94. The van der Waals surface area contributed by atoms with E-state index in [1.165, 1.54) is 0 Å². The summed E-state index contributed by atoms with van der Waals surface area (Å²) in [5.41, 5.74) is 0.386. The lowest BCUT2D eigenvalue weighted by Gasteiger charge is -2.34. The smallest absolute Gasteiger partial charge is 0.118 e. The standard InChI is InChI=1S/C16H16Cl2O/c1-11(2)16(19,12-7-9-13(17)10-8-12)14-5-3-4-6-15(14)18/h3-11,19H,1-2H3/t16-/m0/s1. The van der Waals surface area contributed by atoms with Crippen LogP contribution in [0.1, 0.15) is 25.0 Å². The molecule has 0 aliphatic heterocycles. The van der Waals surface area contributed by atoms with Crippen molar-refractivity contribution >= 4 is 23.2 Å². The molecule has 1 atom stereocenters. The minimum absolute atomic E-state index is 0.0198. The molecule has 19 heavy (non-hydrogen) atoms. The zero-order chi connectivity index (χ0) is 14.0. The molecule has 0 fully saturated rings. The van der Waals surface area contributed by atoms with E-state index in [2.05, 4.69) is 0 Å². The quantitative estimate of drug-likeness (QED) is 0.855. The first-order chi connectivity index (χ1) is 8.96. The lowest BCUT2D eigenvalue weighted by atomic mass is 9.78. The lowest BCUT2D eigenvalue weighted by Crippen LogP contribution is -2.33. The second kappa shape index (κ2) is 5.54. The summed E-state index contributed by atoms with van der Waals surface area (Å²) in [5.74, 6) is -0.0198. The summed E-state index contributed by atoms with van der Waals surface area (Å²) < 4.78 is 0. The highest BCUT2D eigenvalue weighted by atomic mass is 35.5. The van der Waals surface area contributed by atoms with E-state index in [1.54, 1.807) is 18.2 Å². The summed E-state index contributed by atoms with van der Waals surface area (Å²) in [6.07, 6.45) is 0. The molecule has 0 aliphatic rings. The molecule has 0 unspecified atom stereocenters. The van der Waals surface area contributed by atoms with Crippen LogP contribution in [-0.2, 0) is 5.60 Å². The molecular weight excluding hydrogens is 279 g/mol. The Morgan fingerprint density at radius 3 is 2.05 bits per heavy atom. The van der Waals surface area contributed by atoms with Crippen molar-refractivity contribution in [2.75, 3.05) is 0 Å². The molecule has 2 aromatic rings. The second-order valence-corrected chi connectivity index (χ2v) is 5.75. The van der Waals surface area contributed by atoms with Gasteiger partial charge in [-0.1, -0.05) is 67.4 Å². The van der Waals surface area contributed by atoms with Crippen LogP contribution in [0.4, 0.5) is 0 Å². The van der Waals surface area contributed by atoms with Gasteiger partial charge in [0.15, 0.2) is 0 Å². The van der Waals surface area contributed by atoms with E-state index in [0.717, 1.165) is 5.56 Å². The molecule has 100 valence electrons. The van der Waals surface area contributed by atoms with Crippen molar-refractivity contribution in [3.05, 3.63) is 69.7 Å². The van der Waals surface area contributed by atoms with Gasteiger partial charge in [-0.15, -0.1) is 0 Å². The largest absolute Gasteiger partial charge is 0.380 e. The Labute approximate surface area is 123 Å². The highest BCUT2D eigenvalue weighted by Gasteiger charge is 2.36. The third-order valence-electron chi connectivity index (χ3n) is 3.40. The molecule has 0 saturated heterocycles. The van der Waals surface area contributed by atoms with Crippen LogP contribution in [0.3, 0.4) is 0 Å². The van der Waals surface area contributed by atoms with E-state index in [1.807, 2.05) is 44.2 Å². The van der Waals surface area contributed by atoms with Crippen LogP contribution in [0.25, 0.3) is 0 Å². The SMILES string of the molecule is CC(C)[C@](O)(c1ccc(Cl)cc1)c1ccccc1Cl. The molecule has 2 aromatic carbocycles. The Bertz CT molecular complexity index is 563. The molecule has 0 aromatic heterocycles. The summed E-state index contributed by atoms with van der Waals surface area (Å²) in [6, 6.07) is 14.6. The maximum absolute atomic E-state index is 11.2. The lowest BCUT2D eigenvalue weighted by molar-refractivity contribution is 0.0319. The number of hydrogen-bond donors (Lipinski definition) is 1. The fraction of sp³-hybridized carbons (Fsp3) is 0.250. The van der Waals surface area contributed by atoms with Crippen molar-refractivity contribution in [3.63, 3.8) is 0 Å². The molecule has 0 saturated carbocycles. The van der Waals surface area contributed by atoms with Crippen LogP contribution in [0, 0.1) is 5.92 Å². The number of aliphatic hydroxyl groups is 1. The Morgan fingerprint density at radius 1 is 0.947 bits per heavy atom. The summed E-state index contributed by atoms with van der Waals surface area (Å²) in [5, 5.41) is 12.4. The molecule has 3 heteroatoms. The number of rotatable bonds is 3. The van der Waals surface area contributed by atoms with Gasteiger partial charge in [0.05, 0.1) is 0 Å². The van der Waals surface area contributed by atoms with Gasteiger partial charge in [-0.3, -0.25) is 0 Å². The van der Waals surface area contributed by atoms with Gasteiger partial charge in [0.25, 0.3) is 0 Å². The third-order valence-corrected chi connectivity index (χ3v) is 3.99. The van der Waals surface area contributed by atoms with Crippen LogP contribution in [0.5, 0.6) is 0 Å². The molecule has 1 nitrogen and oxygen atoms in total. The molecule has 2 rings (SSSR count). The van der Waals surface area contributed by atoms with E-state index in [4.69, 9.17) is 23.2 Å². The molecule has 0 bridgehead atoms. The van der Waals surface area contributed by atoms with Gasteiger partial charge in [-0.25, -0.2) is 0 Å². The van der Waals surface area contributed by atoms with Gasteiger partial charge < -0.3 is 5.11 Å². The highest BCUT2D eigenvalue weighted by molar-refractivity contribution is 6.31.